The Morgan fingerprint density at radius 1 is 1.43 bits per heavy atom. The molecule has 1 fully saturated rings. The van der Waals surface area contributed by atoms with Gasteiger partial charge in [0.25, 0.3) is 11.5 Å². The van der Waals surface area contributed by atoms with Gasteiger partial charge in [0.05, 0.1) is 18.7 Å². The van der Waals surface area contributed by atoms with Crippen LogP contribution in [0.1, 0.15) is 30.1 Å². The molecule has 0 saturated carbocycles. The van der Waals surface area contributed by atoms with Gasteiger partial charge in [-0.3, -0.25) is 14.0 Å². The highest BCUT2D eigenvalue weighted by Gasteiger charge is 2.43. The minimum atomic E-state index is -0.801. The van der Waals surface area contributed by atoms with Crippen LogP contribution >= 0.6 is 0 Å². The van der Waals surface area contributed by atoms with Crippen LogP contribution in [0.2, 0.25) is 0 Å². The largest absolute Gasteiger partial charge is 0.386 e. The molecule has 0 radical (unpaired) electrons. The average molecular weight is 287 g/mol. The van der Waals surface area contributed by atoms with Crippen molar-refractivity contribution in [3.63, 3.8) is 0 Å². The van der Waals surface area contributed by atoms with Gasteiger partial charge in [0.1, 0.15) is 11.2 Å². The van der Waals surface area contributed by atoms with Gasteiger partial charge in [0, 0.05) is 12.4 Å². The molecule has 0 aliphatic carbocycles. The molecular formula is C15H17N3O3. The maximum Gasteiger partial charge on any atom is 0.270 e. The highest BCUT2D eigenvalue weighted by Crippen LogP contribution is 2.26. The van der Waals surface area contributed by atoms with E-state index in [1.165, 1.54) is 15.5 Å². The molecule has 1 saturated heterocycles. The fourth-order valence-corrected chi connectivity index (χ4v) is 2.78. The number of nitrogens with zero attached hydrogens (tertiary/aromatic N) is 3. The third kappa shape index (κ3) is 2.31. The number of likely N-dealkylation sites (tertiary alicyclic amines) is 1. The van der Waals surface area contributed by atoms with Gasteiger partial charge in [-0.2, -0.15) is 0 Å². The molecule has 2 aromatic heterocycles. The van der Waals surface area contributed by atoms with E-state index >= 15 is 0 Å². The fraction of sp³-hybridized carbons (Fsp3) is 0.400. The van der Waals surface area contributed by atoms with Crippen LogP contribution in [0.4, 0.5) is 0 Å². The number of aromatic nitrogens is 2. The average Bonchev–Trinajstić information content (AvgIpc) is 2.45. The molecule has 21 heavy (non-hydrogen) atoms. The Balaban J connectivity index is 1.87. The van der Waals surface area contributed by atoms with Gasteiger partial charge in [-0.15, -0.1) is 0 Å². The summed E-state index contributed by atoms with van der Waals surface area (Å²) in [5.74, 6) is -0.369. The zero-order chi connectivity index (χ0) is 15.0. The Morgan fingerprint density at radius 3 is 2.90 bits per heavy atom. The number of β-amino-alcohol motifs (C(OH)–C–C–N with tert-alkyl or cyclic N) is 1. The van der Waals surface area contributed by atoms with Gasteiger partial charge in [0.2, 0.25) is 0 Å². The number of aliphatic hydroxyl groups is 1. The number of carbonyl (C=O) groups excluding carboxylic acids is 1. The van der Waals surface area contributed by atoms with Gasteiger partial charge >= 0.3 is 0 Å². The van der Waals surface area contributed by atoms with Crippen LogP contribution in [-0.4, -0.2) is 44.0 Å². The predicted molar refractivity (Wildman–Crippen MR) is 77.2 cm³/mol. The number of amides is 1. The molecule has 3 heterocycles. The lowest BCUT2D eigenvalue weighted by Gasteiger charge is -2.46. The summed E-state index contributed by atoms with van der Waals surface area (Å²) in [6.07, 6.45) is 4.42. The van der Waals surface area contributed by atoms with Crippen LogP contribution in [-0.2, 0) is 0 Å². The van der Waals surface area contributed by atoms with Crippen molar-refractivity contribution in [1.82, 2.24) is 14.3 Å². The molecule has 3 rings (SSSR count). The monoisotopic (exact) mass is 287 g/mol. The van der Waals surface area contributed by atoms with E-state index in [1.807, 2.05) is 6.92 Å². The number of rotatable bonds is 3. The maximum absolute atomic E-state index is 12.3. The van der Waals surface area contributed by atoms with Crippen molar-refractivity contribution in [3.8, 4) is 0 Å². The zero-order valence-electron chi connectivity index (χ0n) is 11.8. The third-order valence-electron chi connectivity index (χ3n) is 3.82. The highest BCUT2D eigenvalue weighted by atomic mass is 16.3. The van der Waals surface area contributed by atoms with Crippen molar-refractivity contribution < 1.29 is 9.90 Å². The van der Waals surface area contributed by atoms with Gasteiger partial charge in [-0.05, 0) is 18.6 Å². The fourth-order valence-electron chi connectivity index (χ4n) is 2.78. The van der Waals surface area contributed by atoms with Gasteiger partial charge in [0.15, 0.2) is 0 Å². The molecule has 0 bridgehead atoms. The summed E-state index contributed by atoms with van der Waals surface area (Å²) >= 11 is 0. The quantitative estimate of drug-likeness (QED) is 0.901. The SMILES string of the molecule is CCCC1(O)CN(C(=O)c2cnc3ccccn3c2=O)C1. The molecule has 0 unspecified atom stereocenters. The van der Waals surface area contributed by atoms with Gasteiger partial charge in [-0.1, -0.05) is 19.4 Å². The summed E-state index contributed by atoms with van der Waals surface area (Å²) in [5, 5.41) is 10.1. The second-order valence-corrected chi connectivity index (χ2v) is 5.54. The first-order valence-electron chi connectivity index (χ1n) is 7.02. The Hall–Kier alpha value is -2.21. The predicted octanol–water partition coefficient (Wildman–Crippen LogP) is 0.681. The number of carbonyl (C=O) groups is 1. The molecule has 0 atom stereocenters. The van der Waals surface area contributed by atoms with E-state index in [0.717, 1.165) is 6.42 Å². The molecule has 110 valence electrons. The number of pyridine rings is 1. The minimum absolute atomic E-state index is 0.0391. The Kier molecular flexibility index (Phi) is 3.25. The molecule has 2 aromatic rings. The Labute approximate surface area is 121 Å². The van der Waals surface area contributed by atoms with E-state index in [4.69, 9.17) is 0 Å². The lowest BCUT2D eigenvalue weighted by molar-refractivity contribution is -0.0860. The first kappa shape index (κ1) is 13.8. The first-order chi connectivity index (χ1) is 10.0. The number of hydrogen-bond acceptors (Lipinski definition) is 4. The third-order valence-corrected chi connectivity index (χ3v) is 3.82. The summed E-state index contributed by atoms with van der Waals surface area (Å²) in [6, 6.07) is 5.21. The van der Waals surface area contributed by atoms with Crippen LogP contribution in [0.15, 0.2) is 35.4 Å². The topological polar surface area (TPSA) is 74.9 Å². The molecule has 1 N–H and O–H groups in total. The zero-order valence-corrected chi connectivity index (χ0v) is 11.8. The van der Waals surface area contributed by atoms with Crippen molar-refractivity contribution in [2.75, 3.05) is 13.1 Å². The van der Waals surface area contributed by atoms with Crippen molar-refractivity contribution in [1.29, 1.82) is 0 Å². The molecule has 0 spiro atoms. The molecule has 6 heteroatoms. The van der Waals surface area contributed by atoms with E-state index in [-0.39, 0.29) is 30.1 Å². The molecule has 1 amide bonds. The summed E-state index contributed by atoms with van der Waals surface area (Å²) in [6.45, 7) is 2.54. The maximum atomic E-state index is 12.3. The smallest absolute Gasteiger partial charge is 0.270 e. The lowest BCUT2D eigenvalue weighted by Crippen LogP contribution is -2.63. The van der Waals surface area contributed by atoms with Crippen LogP contribution in [0.5, 0.6) is 0 Å². The second-order valence-electron chi connectivity index (χ2n) is 5.54. The molecular weight excluding hydrogens is 270 g/mol. The first-order valence-corrected chi connectivity index (χ1v) is 7.02. The van der Waals surface area contributed by atoms with E-state index in [9.17, 15) is 14.7 Å². The van der Waals surface area contributed by atoms with Gasteiger partial charge < -0.3 is 10.0 Å². The van der Waals surface area contributed by atoms with E-state index in [2.05, 4.69) is 4.98 Å². The van der Waals surface area contributed by atoms with Crippen molar-refractivity contribution in [3.05, 3.63) is 46.5 Å². The Bertz CT molecular complexity index is 747. The molecule has 1 aliphatic rings. The number of hydrogen-bond donors (Lipinski definition) is 1. The Morgan fingerprint density at radius 2 is 2.19 bits per heavy atom. The summed E-state index contributed by atoms with van der Waals surface area (Å²) in [5.41, 5.74) is -0.635. The summed E-state index contributed by atoms with van der Waals surface area (Å²) < 4.78 is 1.35. The van der Waals surface area contributed by atoms with Gasteiger partial charge in [-0.25, -0.2) is 4.98 Å². The standard InChI is InChI=1S/C15H17N3O3/c1-2-6-15(21)9-17(10-15)13(19)11-8-16-12-5-3-4-7-18(12)14(11)20/h3-5,7-8,21H,2,6,9-10H2,1H3. The molecule has 6 nitrogen and oxygen atoms in total. The van der Waals surface area contributed by atoms with E-state index in [0.29, 0.717) is 12.1 Å². The second kappa shape index (κ2) is 4.96. The van der Waals surface area contributed by atoms with E-state index < -0.39 is 5.60 Å². The molecule has 1 aliphatic heterocycles. The van der Waals surface area contributed by atoms with Crippen LogP contribution in [0.3, 0.4) is 0 Å². The normalized spacial score (nSPS) is 16.8. The summed E-state index contributed by atoms with van der Waals surface area (Å²) in [7, 11) is 0. The molecule has 0 aromatic carbocycles. The van der Waals surface area contributed by atoms with Crippen molar-refractivity contribution in [2.45, 2.75) is 25.4 Å². The lowest BCUT2D eigenvalue weighted by atomic mass is 9.89. The van der Waals surface area contributed by atoms with Crippen LogP contribution in [0, 0.1) is 0 Å². The van der Waals surface area contributed by atoms with E-state index in [1.54, 1.807) is 24.4 Å². The van der Waals surface area contributed by atoms with Crippen molar-refractivity contribution >= 4 is 11.6 Å². The van der Waals surface area contributed by atoms with Crippen LogP contribution in [0.25, 0.3) is 5.65 Å². The summed E-state index contributed by atoms with van der Waals surface area (Å²) in [4.78, 5) is 30.3. The highest BCUT2D eigenvalue weighted by molar-refractivity contribution is 5.94. The van der Waals surface area contributed by atoms with Crippen LogP contribution < -0.4 is 5.56 Å². The van der Waals surface area contributed by atoms with Crippen molar-refractivity contribution in [2.24, 2.45) is 0 Å². The minimum Gasteiger partial charge on any atom is -0.386 e. The number of fused-ring (bicyclic) bond motifs is 1.